The van der Waals surface area contributed by atoms with Gasteiger partial charge in [0.2, 0.25) is 11.8 Å². The zero-order chi connectivity index (χ0) is 34.3. The van der Waals surface area contributed by atoms with Crippen molar-refractivity contribution in [2.24, 2.45) is 0 Å². The summed E-state index contributed by atoms with van der Waals surface area (Å²) in [6, 6.07) is 4.85. The second-order valence-corrected chi connectivity index (χ2v) is 14.4. The number of ether oxygens (including phenoxy) is 3. The summed E-state index contributed by atoms with van der Waals surface area (Å²) in [5.74, 6) is 0.144. The van der Waals surface area contributed by atoms with E-state index in [1.165, 1.54) is 25.5 Å². The lowest BCUT2D eigenvalue weighted by Crippen LogP contribution is -2.66. The smallest absolute Gasteiger partial charge is 0.217 e. The van der Waals surface area contributed by atoms with Gasteiger partial charge in [0.15, 0.2) is 6.29 Å². The highest BCUT2D eigenvalue weighted by Crippen LogP contribution is 2.39. The van der Waals surface area contributed by atoms with Gasteiger partial charge in [0.25, 0.3) is 0 Å². The first-order chi connectivity index (χ1) is 22.5. The zero-order valence-corrected chi connectivity index (χ0v) is 28.3. The van der Waals surface area contributed by atoms with Crippen molar-refractivity contribution >= 4 is 44.8 Å². The summed E-state index contributed by atoms with van der Waals surface area (Å²) in [5, 5.41) is 74.4. The molecule has 2 aliphatic rings. The molecule has 0 aromatic heterocycles. The van der Waals surface area contributed by atoms with Gasteiger partial charge in [0, 0.05) is 49.4 Å². The Morgan fingerprint density at radius 2 is 1.81 bits per heavy atom. The van der Waals surface area contributed by atoms with Crippen molar-refractivity contribution in [3.8, 4) is 0 Å². The molecule has 1 aromatic rings. The molecule has 0 saturated carbocycles. The summed E-state index contributed by atoms with van der Waals surface area (Å²) in [6.07, 6.45) is -6.46. The van der Waals surface area contributed by atoms with Crippen LogP contribution in [0.25, 0.3) is 0 Å². The fourth-order valence-corrected chi connectivity index (χ4v) is 8.33. The molecule has 0 bridgehead atoms. The summed E-state index contributed by atoms with van der Waals surface area (Å²) >= 11 is 0. The largest absolute Gasteiger partial charge is 0.394 e. The summed E-state index contributed by atoms with van der Waals surface area (Å²) < 4.78 is 17.1. The maximum Gasteiger partial charge on any atom is 0.217 e. The normalized spacial score (nSPS) is 27.0. The van der Waals surface area contributed by atoms with Crippen molar-refractivity contribution in [3.05, 3.63) is 24.3 Å². The van der Waals surface area contributed by atoms with Gasteiger partial charge >= 0.3 is 0 Å². The predicted molar refractivity (Wildman–Crippen MR) is 179 cm³/mol. The molecule has 2 heterocycles. The van der Waals surface area contributed by atoms with Crippen LogP contribution in [0.5, 0.6) is 0 Å². The number of carbonyl (C=O) groups is 2. The molecule has 10 N–H and O–H groups in total. The number of benzene rings is 1. The summed E-state index contributed by atoms with van der Waals surface area (Å²) in [7, 11) is 3.94. The van der Waals surface area contributed by atoms with E-state index in [1.54, 1.807) is 6.07 Å². The standard InChI is InChI=1S/C30H50N4O11S2/c1-17(37)33-22(13-31-19-6-5-7-20(12-19)32-16-43-10-4-3-8-21-9-11-46-47-21)26(40)29(23(39)14-35)45-30-25(34-18(2)38)28(42)27(41)24(15-36)44-30/h5-7,12,21-32,35-36,39-42H,3-4,8-11,13-16H2,1-2H3,(H,33,37)(H,34,38). The molecular weight excluding hydrogens is 656 g/mol. The first-order valence-corrected chi connectivity index (χ1v) is 18.1. The van der Waals surface area contributed by atoms with E-state index in [0.717, 1.165) is 30.7 Å². The fraction of sp³-hybridized carbons (Fsp3) is 0.733. The van der Waals surface area contributed by atoms with E-state index in [4.69, 9.17) is 14.2 Å². The lowest BCUT2D eigenvalue weighted by Gasteiger charge is -2.44. The number of unbranched alkanes of at least 4 members (excludes halogenated alkanes) is 1. The number of nitrogens with one attached hydrogen (secondary N) is 4. The van der Waals surface area contributed by atoms with Gasteiger partial charge in [0.05, 0.1) is 19.3 Å². The molecule has 10 atom stereocenters. The Balaban J connectivity index is 1.61. The second kappa shape index (κ2) is 20.6. The number of amides is 2. The van der Waals surface area contributed by atoms with Crippen molar-refractivity contribution in [2.45, 2.75) is 99.8 Å². The van der Waals surface area contributed by atoms with Crippen molar-refractivity contribution in [1.29, 1.82) is 0 Å². The third kappa shape index (κ3) is 12.8. The molecule has 47 heavy (non-hydrogen) atoms. The van der Waals surface area contributed by atoms with Crippen LogP contribution in [0.1, 0.15) is 39.5 Å². The van der Waals surface area contributed by atoms with Crippen LogP contribution in [0, 0.1) is 0 Å². The van der Waals surface area contributed by atoms with Crippen LogP contribution in [0.2, 0.25) is 0 Å². The van der Waals surface area contributed by atoms with Gasteiger partial charge in [-0.05, 0) is 37.5 Å². The molecule has 268 valence electrons. The average Bonchev–Trinajstić information content (AvgIpc) is 3.57. The van der Waals surface area contributed by atoms with E-state index in [-0.39, 0.29) is 6.54 Å². The van der Waals surface area contributed by atoms with Gasteiger partial charge < -0.3 is 66.1 Å². The van der Waals surface area contributed by atoms with E-state index < -0.39 is 80.0 Å². The molecule has 2 aliphatic heterocycles. The lowest BCUT2D eigenvalue weighted by atomic mass is 9.96. The molecule has 10 unspecified atom stereocenters. The second-order valence-electron chi connectivity index (χ2n) is 11.6. The van der Waals surface area contributed by atoms with Gasteiger partial charge in [0.1, 0.15) is 49.4 Å². The van der Waals surface area contributed by atoms with Crippen LogP contribution < -0.4 is 21.3 Å². The van der Waals surface area contributed by atoms with Gasteiger partial charge in [-0.2, -0.15) is 0 Å². The number of carbonyl (C=O) groups excluding carboxylic acids is 2. The van der Waals surface area contributed by atoms with Gasteiger partial charge in [-0.25, -0.2) is 0 Å². The van der Waals surface area contributed by atoms with E-state index in [2.05, 4.69) is 21.3 Å². The monoisotopic (exact) mass is 706 g/mol. The van der Waals surface area contributed by atoms with Gasteiger partial charge in [-0.3, -0.25) is 9.59 Å². The van der Waals surface area contributed by atoms with E-state index >= 15 is 0 Å². The number of rotatable bonds is 20. The maximum absolute atomic E-state index is 12.1. The van der Waals surface area contributed by atoms with Crippen LogP contribution in [0.15, 0.2) is 24.3 Å². The molecule has 0 aliphatic carbocycles. The first kappa shape index (κ1) is 39.5. The number of aliphatic hydroxyl groups excluding tert-OH is 6. The highest BCUT2D eigenvalue weighted by Gasteiger charge is 2.48. The zero-order valence-electron chi connectivity index (χ0n) is 26.7. The highest BCUT2D eigenvalue weighted by atomic mass is 33.1. The quantitative estimate of drug-likeness (QED) is 0.0462. The molecule has 2 saturated heterocycles. The van der Waals surface area contributed by atoms with Crippen LogP contribution in [-0.4, -0.2) is 142 Å². The van der Waals surface area contributed by atoms with Crippen molar-refractivity contribution < 1.29 is 54.4 Å². The number of hydrogen-bond acceptors (Lipinski definition) is 15. The summed E-state index contributed by atoms with van der Waals surface area (Å²) in [5.41, 5.74) is 1.43. The Hall–Kier alpha value is -1.90. The molecule has 2 fully saturated rings. The van der Waals surface area contributed by atoms with E-state index in [9.17, 15) is 40.2 Å². The topological polar surface area (TPSA) is 231 Å². The van der Waals surface area contributed by atoms with Gasteiger partial charge in [-0.1, -0.05) is 34.1 Å². The first-order valence-electron chi connectivity index (χ1n) is 15.8. The Morgan fingerprint density at radius 3 is 2.45 bits per heavy atom. The Bertz CT molecular complexity index is 1090. The van der Waals surface area contributed by atoms with Crippen LogP contribution in [0.4, 0.5) is 11.4 Å². The predicted octanol–water partition coefficient (Wildman–Crippen LogP) is -0.644. The van der Waals surface area contributed by atoms with Crippen molar-refractivity contribution in [1.82, 2.24) is 10.6 Å². The third-order valence-corrected chi connectivity index (χ3v) is 10.8. The molecule has 15 nitrogen and oxygen atoms in total. The minimum atomic E-state index is -1.70. The maximum atomic E-state index is 12.1. The highest BCUT2D eigenvalue weighted by molar-refractivity contribution is 8.77. The van der Waals surface area contributed by atoms with E-state index in [1.807, 2.05) is 39.8 Å². The fourth-order valence-electron chi connectivity index (χ4n) is 5.31. The molecule has 3 rings (SSSR count). The Morgan fingerprint density at radius 1 is 1.06 bits per heavy atom. The third-order valence-electron chi connectivity index (χ3n) is 7.80. The Kier molecular flexibility index (Phi) is 17.3. The minimum absolute atomic E-state index is 0.0439. The van der Waals surface area contributed by atoms with Crippen molar-refractivity contribution in [2.75, 3.05) is 49.5 Å². The molecule has 2 amide bonds. The van der Waals surface area contributed by atoms with Crippen LogP contribution in [-0.2, 0) is 23.8 Å². The SMILES string of the molecule is CC(=O)NC(CNc1cccc(NCOCCCCC2CCSS2)c1)C(O)C(OC1OC(CO)C(O)C(O)C1NC(C)=O)C(O)CO. The number of anilines is 2. The summed E-state index contributed by atoms with van der Waals surface area (Å²) in [4.78, 5) is 23.9. The van der Waals surface area contributed by atoms with Crippen LogP contribution in [0.3, 0.4) is 0 Å². The number of hydrogen-bond donors (Lipinski definition) is 10. The molecule has 0 radical (unpaired) electrons. The lowest BCUT2D eigenvalue weighted by molar-refractivity contribution is -0.299. The van der Waals surface area contributed by atoms with Crippen LogP contribution >= 0.6 is 21.6 Å². The molecule has 0 spiro atoms. The number of aliphatic hydroxyl groups is 6. The molecule has 17 heteroatoms. The Labute approximate surface area is 282 Å². The van der Waals surface area contributed by atoms with Crippen molar-refractivity contribution in [3.63, 3.8) is 0 Å². The minimum Gasteiger partial charge on any atom is -0.394 e. The summed E-state index contributed by atoms with van der Waals surface area (Å²) in [6.45, 7) is 1.78. The van der Waals surface area contributed by atoms with Gasteiger partial charge in [-0.15, -0.1) is 0 Å². The van der Waals surface area contributed by atoms with E-state index in [0.29, 0.717) is 19.0 Å². The molecule has 1 aromatic carbocycles. The average molecular weight is 707 g/mol. The molecular formula is C30H50N4O11S2.